The van der Waals surface area contributed by atoms with Crippen LogP contribution >= 0.6 is 11.3 Å². The van der Waals surface area contributed by atoms with Crippen LogP contribution in [0.25, 0.3) is 0 Å². The maximum absolute atomic E-state index is 14.1. The lowest BCUT2D eigenvalue weighted by Gasteiger charge is -2.35. The van der Waals surface area contributed by atoms with E-state index in [1.165, 1.54) is 53.9 Å². The first-order valence-corrected chi connectivity index (χ1v) is 11.7. The highest BCUT2D eigenvalue weighted by Crippen LogP contribution is 2.45. The number of hydrogen-bond acceptors (Lipinski definition) is 4. The Bertz CT molecular complexity index is 1160. The molecule has 31 heavy (non-hydrogen) atoms. The fourth-order valence-corrected chi connectivity index (χ4v) is 6.93. The molecule has 0 aliphatic carbocycles. The third-order valence-electron chi connectivity index (χ3n) is 5.02. The van der Waals surface area contributed by atoms with Gasteiger partial charge in [-0.2, -0.15) is 0 Å². The van der Waals surface area contributed by atoms with E-state index < -0.39 is 37.8 Å². The molecule has 158 valence electrons. The van der Waals surface area contributed by atoms with Crippen LogP contribution in [-0.4, -0.2) is 13.4 Å². The quantitative estimate of drug-likeness (QED) is 0.360. The fraction of sp³-hybridized carbons (Fsp3) is 0.0870. The molecular weight excluding hydrogens is 443 g/mol. The van der Waals surface area contributed by atoms with Crippen molar-refractivity contribution in [1.82, 2.24) is 4.98 Å². The highest BCUT2D eigenvalue weighted by Gasteiger charge is 2.49. The normalized spacial score (nSPS) is 12.1. The number of nitrogens with zero attached hydrogens (tertiary/aromatic N) is 1. The van der Waals surface area contributed by atoms with Crippen LogP contribution in [0.1, 0.15) is 21.7 Å². The summed E-state index contributed by atoms with van der Waals surface area (Å²) < 4.78 is 67.5. The first kappa shape index (κ1) is 21.3. The minimum Gasteiger partial charge on any atom is -0.249 e. The van der Waals surface area contributed by atoms with Gasteiger partial charge in [-0.25, -0.2) is 26.6 Å². The molecule has 3 nitrogen and oxygen atoms in total. The summed E-state index contributed by atoms with van der Waals surface area (Å²) in [5.74, 6) is -2.01. The molecule has 8 heteroatoms. The second-order valence-corrected chi connectivity index (χ2v) is 10.00. The molecule has 0 amide bonds. The second kappa shape index (κ2) is 8.28. The lowest BCUT2D eigenvalue weighted by Crippen LogP contribution is -2.39. The smallest absolute Gasteiger partial charge is 0.175 e. The molecular formula is C23H16F3NO2S2. The van der Waals surface area contributed by atoms with Crippen LogP contribution in [0.4, 0.5) is 13.2 Å². The summed E-state index contributed by atoms with van der Waals surface area (Å²) in [6, 6.07) is 15.2. The van der Waals surface area contributed by atoms with Crippen molar-refractivity contribution in [3.05, 3.63) is 124 Å². The Morgan fingerprint density at radius 1 is 0.710 bits per heavy atom. The van der Waals surface area contributed by atoms with Gasteiger partial charge in [-0.3, -0.25) is 0 Å². The van der Waals surface area contributed by atoms with Gasteiger partial charge >= 0.3 is 0 Å². The monoisotopic (exact) mass is 459 g/mol. The van der Waals surface area contributed by atoms with Crippen molar-refractivity contribution in [1.29, 1.82) is 0 Å². The van der Waals surface area contributed by atoms with Gasteiger partial charge in [0.25, 0.3) is 0 Å². The van der Waals surface area contributed by atoms with Gasteiger partial charge in [-0.1, -0.05) is 36.4 Å². The lowest BCUT2D eigenvalue weighted by atomic mass is 9.84. The molecule has 0 aliphatic rings. The Morgan fingerprint density at radius 2 is 1.10 bits per heavy atom. The minimum absolute atomic E-state index is 0.253. The summed E-state index contributed by atoms with van der Waals surface area (Å²) in [5, 5.41) is 2.04. The molecule has 0 fully saturated rings. The third-order valence-corrected chi connectivity index (χ3v) is 8.27. The van der Waals surface area contributed by atoms with Crippen molar-refractivity contribution < 1.29 is 21.6 Å². The highest BCUT2D eigenvalue weighted by molar-refractivity contribution is 7.92. The molecule has 3 aromatic carbocycles. The molecule has 0 saturated carbocycles. The van der Waals surface area contributed by atoms with Crippen LogP contribution in [-0.2, 0) is 20.3 Å². The number of halogens is 3. The molecule has 0 aliphatic heterocycles. The number of sulfone groups is 1. The summed E-state index contributed by atoms with van der Waals surface area (Å²) in [5.41, 5.74) is 0.760. The highest BCUT2D eigenvalue weighted by atomic mass is 32.2. The molecule has 1 heterocycles. The van der Waals surface area contributed by atoms with E-state index in [9.17, 15) is 21.6 Å². The van der Waals surface area contributed by atoms with Crippen molar-refractivity contribution in [2.45, 2.75) is 10.5 Å². The SMILES string of the molecule is O=S(=O)(Cc1nccs1)C(c1ccc(F)cc1)(c1ccc(F)cc1)c1ccc(F)cc1. The Balaban J connectivity index is 2.08. The van der Waals surface area contributed by atoms with Crippen LogP contribution in [0.15, 0.2) is 84.4 Å². The van der Waals surface area contributed by atoms with Crippen molar-refractivity contribution in [3.8, 4) is 0 Å². The molecule has 4 rings (SSSR count). The number of rotatable bonds is 6. The van der Waals surface area contributed by atoms with Crippen LogP contribution < -0.4 is 0 Å². The third kappa shape index (κ3) is 3.88. The Morgan fingerprint density at radius 3 is 1.42 bits per heavy atom. The maximum Gasteiger partial charge on any atom is 0.175 e. The molecule has 1 aromatic heterocycles. The second-order valence-electron chi connectivity index (χ2n) is 6.89. The van der Waals surface area contributed by atoms with Gasteiger partial charge in [-0.05, 0) is 53.1 Å². The Kier molecular flexibility index (Phi) is 5.68. The van der Waals surface area contributed by atoms with E-state index in [4.69, 9.17) is 0 Å². The topological polar surface area (TPSA) is 47.0 Å². The van der Waals surface area contributed by atoms with Crippen molar-refractivity contribution >= 4 is 21.2 Å². The summed E-state index contributed by atoms with van der Waals surface area (Å²) in [6.07, 6.45) is 1.50. The van der Waals surface area contributed by atoms with Gasteiger partial charge in [0.1, 0.15) is 33.0 Å². The predicted molar refractivity (Wildman–Crippen MR) is 114 cm³/mol. The molecule has 0 unspecified atom stereocenters. The molecule has 0 atom stereocenters. The number of aromatic nitrogens is 1. The number of hydrogen-bond donors (Lipinski definition) is 0. The summed E-state index contributed by atoms with van der Waals surface area (Å²) in [6.45, 7) is 0. The summed E-state index contributed by atoms with van der Waals surface area (Å²) in [7, 11) is -4.12. The van der Waals surface area contributed by atoms with E-state index in [-0.39, 0.29) is 16.7 Å². The van der Waals surface area contributed by atoms with Gasteiger partial charge in [-0.15, -0.1) is 11.3 Å². The average molecular weight is 460 g/mol. The van der Waals surface area contributed by atoms with E-state index in [2.05, 4.69) is 4.98 Å². The zero-order valence-corrected chi connectivity index (χ0v) is 17.6. The number of benzene rings is 3. The predicted octanol–water partition coefficient (Wildman–Crippen LogP) is 5.47. The first-order chi connectivity index (χ1) is 14.8. The van der Waals surface area contributed by atoms with E-state index in [0.717, 1.165) is 36.4 Å². The van der Waals surface area contributed by atoms with Gasteiger partial charge in [0.05, 0.1) is 0 Å². The lowest BCUT2D eigenvalue weighted by molar-refractivity contribution is 0.568. The number of thiazole rings is 1. The first-order valence-electron chi connectivity index (χ1n) is 9.22. The van der Waals surface area contributed by atoms with Crippen LogP contribution in [0.5, 0.6) is 0 Å². The van der Waals surface area contributed by atoms with Gasteiger partial charge in [0.15, 0.2) is 9.84 Å². The van der Waals surface area contributed by atoms with E-state index in [1.54, 1.807) is 5.38 Å². The van der Waals surface area contributed by atoms with Crippen LogP contribution in [0, 0.1) is 17.5 Å². The zero-order chi connectivity index (χ0) is 22.1. The van der Waals surface area contributed by atoms with Gasteiger partial charge in [0, 0.05) is 11.6 Å². The molecule has 0 radical (unpaired) electrons. The van der Waals surface area contributed by atoms with Crippen molar-refractivity contribution in [2.75, 3.05) is 0 Å². The zero-order valence-electron chi connectivity index (χ0n) is 16.0. The van der Waals surface area contributed by atoms with E-state index in [0.29, 0.717) is 5.01 Å². The Labute approximate surface area is 181 Å². The van der Waals surface area contributed by atoms with Crippen molar-refractivity contribution in [3.63, 3.8) is 0 Å². The van der Waals surface area contributed by atoms with Crippen LogP contribution in [0.3, 0.4) is 0 Å². The molecule has 0 spiro atoms. The van der Waals surface area contributed by atoms with E-state index in [1.807, 2.05) is 0 Å². The maximum atomic E-state index is 14.1. The molecule has 0 bridgehead atoms. The minimum atomic E-state index is -4.12. The molecule has 4 aromatic rings. The fourth-order valence-electron chi connectivity index (χ4n) is 3.69. The van der Waals surface area contributed by atoms with Crippen LogP contribution in [0.2, 0.25) is 0 Å². The molecule has 0 saturated heterocycles. The largest absolute Gasteiger partial charge is 0.249 e. The summed E-state index contributed by atoms with van der Waals surface area (Å²) >= 11 is 1.19. The van der Waals surface area contributed by atoms with Gasteiger partial charge < -0.3 is 0 Å². The van der Waals surface area contributed by atoms with Crippen molar-refractivity contribution in [2.24, 2.45) is 0 Å². The Hall–Kier alpha value is -2.97. The molecule has 0 N–H and O–H groups in total. The average Bonchev–Trinajstić information content (AvgIpc) is 3.24. The summed E-state index contributed by atoms with van der Waals surface area (Å²) in [4.78, 5) is 4.10. The standard InChI is InChI=1S/C23H16F3NO2S2/c24-19-7-1-16(2-8-19)23(17-3-9-20(25)10-4-17,18-5-11-21(26)12-6-18)31(28,29)15-22-27-13-14-30-22/h1-14H,15H2. The van der Waals surface area contributed by atoms with Gasteiger partial charge in [0.2, 0.25) is 0 Å². The van der Waals surface area contributed by atoms with E-state index >= 15 is 0 Å².